The lowest BCUT2D eigenvalue weighted by Crippen LogP contribution is -2.13. The zero-order valence-corrected chi connectivity index (χ0v) is 6.32. The van der Waals surface area contributed by atoms with Crippen molar-refractivity contribution < 1.29 is 14.7 Å². The highest BCUT2D eigenvalue weighted by atomic mass is 16.4. The van der Waals surface area contributed by atoms with Crippen LogP contribution in [-0.2, 0) is 21.1 Å². The van der Waals surface area contributed by atoms with Crippen molar-refractivity contribution >= 4 is 11.8 Å². The van der Waals surface area contributed by atoms with E-state index in [-0.39, 0.29) is 6.42 Å². The molecule has 0 aliphatic rings. The number of rotatable bonds is 3. The largest absolute Gasteiger partial charge is 0.421 e. The Balaban J connectivity index is 2.65. The van der Waals surface area contributed by atoms with Gasteiger partial charge in [0.15, 0.2) is 0 Å². The first-order valence-corrected chi connectivity index (χ1v) is 3.48. The van der Waals surface area contributed by atoms with Crippen molar-refractivity contribution in [2.75, 3.05) is 0 Å². The molecular formula is C9H7O3. The molecule has 1 aromatic carbocycles. The molecule has 1 radical (unpaired) electrons. The van der Waals surface area contributed by atoms with Gasteiger partial charge in [0.1, 0.15) is 0 Å². The molecule has 0 aliphatic heterocycles. The molecule has 12 heavy (non-hydrogen) atoms. The summed E-state index contributed by atoms with van der Waals surface area (Å²) in [5.74, 6) is -2.51. The summed E-state index contributed by atoms with van der Waals surface area (Å²) in [5, 5.41) is 10.0. The van der Waals surface area contributed by atoms with Gasteiger partial charge < -0.3 is 0 Å². The Morgan fingerprint density at radius 3 is 2.17 bits per heavy atom. The Morgan fingerprint density at radius 1 is 1.08 bits per heavy atom. The molecule has 0 spiro atoms. The van der Waals surface area contributed by atoms with Gasteiger partial charge in [-0.2, -0.15) is 0 Å². The number of carbonyl (C=O) groups excluding carboxylic acids is 2. The van der Waals surface area contributed by atoms with Crippen molar-refractivity contribution in [1.29, 1.82) is 0 Å². The van der Waals surface area contributed by atoms with Crippen molar-refractivity contribution in [1.82, 2.24) is 0 Å². The van der Waals surface area contributed by atoms with Crippen LogP contribution in [0.15, 0.2) is 30.3 Å². The SMILES string of the molecule is [O]C(=O)C(=O)Cc1ccccc1. The van der Waals surface area contributed by atoms with Crippen LogP contribution in [0.25, 0.3) is 0 Å². The number of ketones is 1. The molecule has 0 aromatic heterocycles. The molecule has 1 aromatic rings. The minimum Gasteiger partial charge on any atom is -0.286 e. The maximum Gasteiger partial charge on any atom is 0.421 e. The topological polar surface area (TPSA) is 54.0 Å². The van der Waals surface area contributed by atoms with Gasteiger partial charge >= 0.3 is 5.97 Å². The summed E-state index contributed by atoms with van der Waals surface area (Å²) in [6.07, 6.45) is -0.0941. The fourth-order valence-electron chi connectivity index (χ4n) is 0.853. The van der Waals surface area contributed by atoms with E-state index in [0.29, 0.717) is 5.56 Å². The first kappa shape index (κ1) is 8.46. The third-order valence-corrected chi connectivity index (χ3v) is 1.44. The second-order valence-corrected chi connectivity index (χ2v) is 2.37. The summed E-state index contributed by atoms with van der Waals surface area (Å²) in [4.78, 5) is 20.7. The van der Waals surface area contributed by atoms with Gasteiger partial charge in [-0.25, -0.2) is 9.90 Å². The molecule has 0 unspecified atom stereocenters. The molecule has 0 heterocycles. The summed E-state index contributed by atoms with van der Waals surface area (Å²) in [6, 6.07) is 8.68. The Kier molecular flexibility index (Phi) is 2.58. The lowest BCUT2D eigenvalue weighted by molar-refractivity contribution is -0.153. The maximum atomic E-state index is 10.7. The molecule has 0 fully saturated rings. The van der Waals surface area contributed by atoms with Gasteiger partial charge in [0.25, 0.3) is 0 Å². The highest BCUT2D eigenvalue weighted by molar-refractivity contribution is 6.32. The number of benzene rings is 1. The molecule has 0 bridgehead atoms. The summed E-state index contributed by atoms with van der Waals surface area (Å²) in [6.45, 7) is 0. The predicted molar refractivity (Wildman–Crippen MR) is 40.8 cm³/mol. The summed E-state index contributed by atoms with van der Waals surface area (Å²) >= 11 is 0. The first-order valence-electron chi connectivity index (χ1n) is 3.48. The number of carbonyl (C=O) groups is 2. The molecular weight excluding hydrogens is 156 g/mol. The fourth-order valence-corrected chi connectivity index (χ4v) is 0.853. The second kappa shape index (κ2) is 3.67. The normalized spacial score (nSPS) is 9.33. The van der Waals surface area contributed by atoms with Crippen molar-refractivity contribution in [2.24, 2.45) is 0 Å². The average Bonchev–Trinajstić information content (AvgIpc) is 2.06. The molecule has 0 aliphatic carbocycles. The van der Waals surface area contributed by atoms with Gasteiger partial charge in [-0.3, -0.25) is 4.79 Å². The van der Waals surface area contributed by atoms with E-state index >= 15 is 0 Å². The van der Waals surface area contributed by atoms with Gasteiger partial charge in [-0.15, -0.1) is 0 Å². The van der Waals surface area contributed by atoms with Gasteiger partial charge in [0, 0.05) is 6.42 Å². The lowest BCUT2D eigenvalue weighted by atomic mass is 10.1. The van der Waals surface area contributed by atoms with Crippen LogP contribution in [0.1, 0.15) is 5.56 Å². The van der Waals surface area contributed by atoms with Gasteiger partial charge in [0.05, 0.1) is 0 Å². The lowest BCUT2D eigenvalue weighted by Gasteiger charge is -1.93. The monoisotopic (exact) mass is 163 g/mol. The van der Waals surface area contributed by atoms with Crippen LogP contribution in [0.2, 0.25) is 0 Å². The molecule has 61 valence electrons. The predicted octanol–water partition coefficient (Wildman–Crippen LogP) is 0.755. The zero-order valence-electron chi connectivity index (χ0n) is 6.32. The molecule has 0 saturated carbocycles. The number of hydrogen-bond acceptors (Lipinski definition) is 2. The van der Waals surface area contributed by atoms with Gasteiger partial charge in [-0.1, -0.05) is 30.3 Å². The van der Waals surface area contributed by atoms with Crippen molar-refractivity contribution in [3.63, 3.8) is 0 Å². The third kappa shape index (κ3) is 2.20. The quantitative estimate of drug-likeness (QED) is 0.617. The van der Waals surface area contributed by atoms with Crippen LogP contribution in [0, 0.1) is 0 Å². The Labute approximate surface area is 69.6 Å². The molecule has 0 atom stereocenters. The molecule has 3 nitrogen and oxygen atoms in total. The Morgan fingerprint density at radius 2 is 1.67 bits per heavy atom. The van der Waals surface area contributed by atoms with Gasteiger partial charge in [-0.05, 0) is 5.56 Å². The molecule has 1 rings (SSSR count). The van der Waals surface area contributed by atoms with Crippen molar-refractivity contribution in [2.45, 2.75) is 6.42 Å². The van der Waals surface area contributed by atoms with E-state index in [0.717, 1.165) is 0 Å². The first-order chi connectivity index (χ1) is 5.70. The molecule has 3 heteroatoms. The van der Waals surface area contributed by atoms with Crippen LogP contribution < -0.4 is 0 Å². The zero-order chi connectivity index (χ0) is 8.97. The third-order valence-electron chi connectivity index (χ3n) is 1.44. The van der Waals surface area contributed by atoms with Crippen LogP contribution >= 0.6 is 0 Å². The summed E-state index contributed by atoms with van der Waals surface area (Å²) < 4.78 is 0. The average molecular weight is 163 g/mol. The van der Waals surface area contributed by atoms with Crippen LogP contribution in [0.3, 0.4) is 0 Å². The van der Waals surface area contributed by atoms with E-state index in [9.17, 15) is 14.7 Å². The van der Waals surface area contributed by atoms with E-state index in [1.165, 1.54) is 0 Å². The molecule has 0 N–H and O–H groups in total. The minimum atomic E-state index is -1.63. The van der Waals surface area contributed by atoms with E-state index in [1.807, 2.05) is 0 Å². The van der Waals surface area contributed by atoms with Gasteiger partial charge in [0.2, 0.25) is 5.78 Å². The molecule has 0 saturated heterocycles. The Bertz CT molecular complexity index is 290. The smallest absolute Gasteiger partial charge is 0.286 e. The maximum absolute atomic E-state index is 10.7. The van der Waals surface area contributed by atoms with E-state index in [1.54, 1.807) is 30.3 Å². The van der Waals surface area contributed by atoms with Crippen LogP contribution in [-0.4, -0.2) is 11.8 Å². The highest BCUT2D eigenvalue weighted by Gasteiger charge is 2.13. The summed E-state index contributed by atoms with van der Waals surface area (Å²) in [7, 11) is 0. The molecule has 0 amide bonds. The number of hydrogen-bond donors (Lipinski definition) is 0. The van der Waals surface area contributed by atoms with Crippen molar-refractivity contribution in [3.8, 4) is 0 Å². The standard InChI is InChI=1S/C9H7O3/c10-8(9(11)12)6-7-4-2-1-3-5-7/h1-5H,6H2. The number of Topliss-reactive ketones (excluding diaryl/α,β-unsaturated/α-hetero) is 1. The van der Waals surface area contributed by atoms with E-state index in [2.05, 4.69) is 0 Å². The van der Waals surface area contributed by atoms with Crippen molar-refractivity contribution in [3.05, 3.63) is 35.9 Å². The fraction of sp³-hybridized carbons (Fsp3) is 0.111. The summed E-state index contributed by atoms with van der Waals surface area (Å²) in [5.41, 5.74) is 0.687. The Hall–Kier alpha value is -1.64. The van der Waals surface area contributed by atoms with Crippen LogP contribution in [0.4, 0.5) is 0 Å². The minimum absolute atomic E-state index is 0.0941. The van der Waals surface area contributed by atoms with E-state index in [4.69, 9.17) is 0 Å². The second-order valence-electron chi connectivity index (χ2n) is 2.37. The highest BCUT2D eigenvalue weighted by Crippen LogP contribution is 1.99. The van der Waals surface area contributed by atoms with E-state index < -0.39 is 11.8 Å². The van der Waals surface area contributed by atoms with Crippen LogP contribution in [0.5, 0.6) is 0 Å².